The third kappa shape index (κ3) is 9.78. The van der Waals surface area contributed by atoms with Gasteiger partial charge in [-0.3, -0.25) is 14.4 Å². The van der Waals surface area contributed by atoms with Gasteiger partial charge in [0, 0.05) is 19.5 Å². The first-order valence-electron chi connectivity index (χ1n) is 13.6. The summed E-state index contributed by atoms with van der Waals surface area (Å²) in [6.07, 6.45) is 6.94. The third-order valence-electron chi connectivity index (χ3n) is 6.78. The van der Waals surface area contributed by atoms with Crippen LogP contribution in [-0.4, -0.2) is 53.6 Å². The molecular weight excluding hydrogens is 480 g/mol. The van der Waals surface area contributed by atoms with Crippen LogP contribution in [-0.2, 0) is 32.1 Å². The minimum atomic E-state index is -0.549. The van der Waals surface area contributed by atoms with E-state index in [-0.39, 0.29) is 49.8 Å². The Hall–Kier alpha value is -3.45. The number of hydrogen-bond donors (Lipinski definition) is 2. The first-order chi connectivity index (χ1) is 18.5. The van der Waals surface area contributed by atoms with Crippen molar-refractivity contribution in [2.45, 2.75) is 58.1 Å². The summed E-state index contributed by atoms with van der Waals surface area (Å²) < 4.78 is 5.71. The van der Waals surface area contributed by atoms with Crippen molar-refractivity contribution >= 4 is 17.8 Å². The van der Waals surface area contributed by atoms with Crippen molar-refractivity contribution in [1.29, 1.82) is 0 Å². The molecule has 0 fully saturated rings. The van der Waals surface area contributed by atoms with Crippen LogP contribution in [0.15, 0.2) is 72.8 Å². The van der Waals surface area contributed by atoms with E-state index in [1.165, 1.54) is 0 Å². The largest absolute Gasteiger partial charge is 0.461 e. The fraction of sp³-hybridized carbons (Fsp3) is 0.452. The molecule has 2 aromatic carbocycles. The normalized spacial score (nSPS) is 21.2. The van der Waals surface area contributed by atoms with Gasteiger partial charge >= 0.3 is 5.97 Å². The van der Waals surface area contributed by atoms with Gasteiger partial charge in [0.05, 0.1) is 25.0 Å². The minimum Gasteiger partial charge on any atom is -0.461 e. The second-order valence-electron chi connectivity index (χ2n) is 9.94. The predicted molar refractivity (Wildman–Crippen MR) is 147 cm³/mol. The molecule has 0 saturated heterocycles. The number of aliphatic hydroxyl groups is 1. The molecule has 2 aromatic rings. The summed E-state index contributed by atoms with van der Waals surface area (Å²) in [4.78, 5) is 40.8. The first-order valence-corrected chi connectivity index (χ1v) is 13.6. The number of benzene rings is 2. The van der Waals surface area contributed by atoms with Crippen LogP contribution in [0.3, 0.4) is 0 Å². The molecule has 38 heavy (non-hydrogen) atoms. The van der Waals surface area contributed by atoms with Crippen molar-refractivity contribution in [2.75, 3.05) is 19.7 Å². The monoisotopic (exact) mass is 520 g/mol. The number of nitrogens with one attached hydrogen (secondary N) is 1. The maximum absolute atomic E-state index is 13.2. The Kier molecular flexibility index (Phi) is 12.0. The van der Waals surface area contributed by atoms with Gasteiger partial charge < -0.3 is 20.1 Å². The second kappa shape index (κ2) is 15.7. The van der Waals surface area contributed by atoms with E-state index in [1.54, 1.807) is 11.8 Å². The van der Waals surface area contributed by atoms with E-state index >= 15 is 0 Å². The van der Waals surface area contributed by atoms with Crippen LogP contribution in [0, 0.1) is 11.8 Å². The Morgan fingerprint density at radius 3 is 2.37 bits per heavy atom. The van der Waals surface area contributed by atoms with Crippen LogP contribution >= 0.6 is 0 Å². The highest BCUT2D eigenvalue weighted by molar-refractivity contribution is 5.86. The fourth-order valence-electron chi connectivity index (χ4n) is 4.63. The van der Waals surface area contributed by atoms with Crippen LogP contribution in [0.1, 0.15) is 50.2 Å². The summed E-state index contributed by atoms with van der Waals surface area (Å²) in [7, 11) is 0. The van der Waals surface area contributed by atoms with Crippen molar-refractivity contribution in [3.63, 3.8) is 0 Å². The van der Waals surface area contributed by atoms with Gasteiger partial charge in [-0.05, 0) is 50.2 Å². The molecule has 0 unspecified atom stereocenters. The van der Waals surface area contributed by atoms with Crippen LogP contribution in [0.4, 0.5) is 0 Å². The van der Waals surface area contributed by atoms with Gasteiger partial charge in [-0.2, -0.15) is 0 Å². The molecule has 1 aliphatic heterocycles. The van der Waals surface area contributed by atoms with Gasteiger partial charge in [0.1, 0.15) is 6.10 Å². The van der Waals surface area contributed by atoms with Gasteiger partial charge in [0.2, 0.25) is 11.8 Å². The number of allylic oxidation sites excluding steroid dienone is 2. The van der Waals surface area contributed by atoms with E-state index < -0.39 is 12.0 Å². The second-order valence-corrected chi connectivity index (χ2v) is 9.94. The third-order valence-corrected chi connectivity index (χ3v) is 6.78. The predicted octanol–water partition coefficient (Wildman–Crippen LogP) is 4.05. The van der Waals surface area contributed by atoms with Crippen LogP contribution < -0.4 is 5.32 Å². The van der Waals surface area contributed by atoms with Gasteiger partial charge in [-0.25, -0.2) is 0 Å². The smallest absolute Gasteiger partial charge is 0.309 e. The number of esters is 1. The summed E-state index contributed by atoms with van der Waals surface area (Å²) in [5.74, 6) is -1.45. The number of hydrogen-bond acceptors (Lipinski definition) is 5. The molecule has 7 heteroatoms. The summed E-state index contributed by atoms with van der Waals surface area (Å²) in [6, 6.07) is 19.5. The van der Waals surface area contributed by atoms with Crippen LogP contribution in [0.25, 0.3) is 0 Å². The molecule has 204 valence electrons. The maximum atomic E-state index is 13.2. The van der Waals surface area contributed by atoms with Crippen molar-refractivity contribution in [3.05, 3.63) is 83.9 Å². The Labute approximate surface area is 225 Å². The van der Waals surface area contributed by atoms with Crippen molar-refractivity contribution in [3.8, 4) is 0 Å². The van der Waals surface area contributed by atoms with E-state index in [1.807, 2.05) is 72.8 Å². The zero-order valence-corrected chi connectivity index (χ0v) is 22.3. The van der Waals surface area contributed by atoms with E-state index in [0.717, 1.165) is 24.0 Å². The topological polar surface area (TPSA) is 95.9 Å². The molecule has 2 N–H and O–H groups in total. The number of nitrogens with zero attached hydrogens (tertiary/aromatic N) is 1. The zero-order valence-electron chi connectivity index (χ0n) is 22.3. The van der Waals surface area contributed by atoms with Gasteiger partial charge in [-0.15, -0.1) is 0 Å². The standard InChI is InChI=1S/C31H40N2O5/c1-24-22-32-30(36)27(21-29(35)33(18-19-34)23-26-14-8-5-9-15-26)16-10-2-3-11-17-28(31(37)38-24)20-25-12-6-4-7-13-25/h2,4-10,12-15,24,27-28,34H,3,11,16-23H2,1H3,(H,32,36)/t24-,27+,28+/m0/s1. The number of rotatable bonds is 8. The molecule has 0 aliphatic carbocycles. The highest BCUT2D eigenvalue weighted by Crippen LogP contribution is 2.20. The van der Waals surface area contributed by atoms with Gasteiger partial charge in [-0.1, -0.05) is 72.8 Å². The molecule has 7 nitrogen and oxygen atoms in total. The molecule has 1 aliphatic rings. The minimum absolute atomic E-state index is 0.0380. The lowest BCUT2D eigenvalue weighted by Crippen LogP contribution is -2.40. The number of cyclic esters (lactones) is 1. The number of ether oxygens (including phenoxy) is 1. The molecule has 0 bridgehead atoms. The Balaban J connectivity index is 1.65. The van der Waals surface area contributed by atoms with E-state index in [0.29, 0.717) is 25.8 Å². The summed E-state index contributed by atoms with van der Waals surface area (Å²) in [5, 5.41) is 12.4. The Morgan fingerprint density at radius 2 is 1.68 bits per heavy atom. The molecule has 0 aromatic heterocycles. The average Bonchev–Trinajstić information content (AvgIpc) is 2.92. The first kappa shape index (κ1) is 29.1. The average molecular weight is 521 g/mol. The summed E-state index contributed by atoms with van der Waals surface area (Å²) >= 11 is 0. The highest BCUT2D eigenvalue weighted by Gasteiger charge is 2.26. The Bertz CT molecular complexity index is 1040. The highest BCUT2D eigenvalue weighted by atomic mass is 16.5. The lowest BCUT2D eigenvalue weighted by Gasteiger charge is -2.25. The molecule has 3 atom stereocenters. The van der Waals surface area contributed by atoms with E-state index in [2.05, 4.69) is 5.32 Å². The van der Waals surface area contributed by atoms with Crippen molar-refractivity contribution in [1.82, 2.24) is 10.2 Å². The summed E-state index contributed by atoms with van der Waals surface area (Å²) in [5.41, 5.74) is 2.06. The molecule has 0 radical (unpaired) electrons. The fourth-order valence-corrected chi connectivity index (χ4v) is 4.63. The van der Waals surface area contributed by atoms with Gasteiger partial charge in [0.25, 0.3) is 0 Å². The quantitative estimate of drug-likeness (QED) is 0.404. The van der Waals surface area contributed by atoms with E-state index in [4.69, 9.17) is 4.74 Å². The lowest BCUT2D eigenvalue weighted by molar-refractivity contribution is -0.153. The number of amides is 2. The molecule has 0 spiro atoms. The lowest BCUT2D eigenvalue weighted by atomic mass is 9.93. The van der Waals surface area contributed by atoms with Crippen LogP contribution in [0.5, 0.6) is 0 Å². The number of carbonyl (C=O) groups is 3. The molecular formula is C31H40N2O5. The zero-order chi connectivity index (χ0) is 27.2. The molecule has 3 rings (SSSR count). The maximum Gasteiger partial charge on any atom is 0.309 e. The van der Waals surface area contributed by atoms with Crippen molar-refractivity contribution in [2.24, 2.45) is 11.8 Å². The molecule has 1 heterocycles. The number of carbonyl (C=O) groups excluding carboxylic acids is 3. The van der Waals surface area contributed by atoms with Crippen LogP contribution in [0.2, 0.25) is 0 Å². The SMILES string of the molecule is C[C@H]1CNC(=O)[C@@H](CC(=O)N(CCO)Cc2ccccc2)CC=CCCC[C@H](Cc2ccccc2)C(=O)O1. The summed E-state index contributed by atoms with van der Waals surface area (Å²) in [6.45, 7) is 2.38. The number of aliphatic hydroxyl groups excluding tert-OH is 1. The van der Waals surface area contributed by atoms with Crippen molar-refractivity contribution < 1.29 is 24.2 Å². The van der Waals surface area contributed by atoms with E-state index in [9.17, 15) is 19.5 Å². The molecule has 0 saturated carbocycles. The van der Waals surface area contributed by atoms with Gasteiger partial charge in [0.15, 0.2) is 0 Å². The Morgan fingerprint density at radius 1 is 1.00 bits per heavy atom. The molecule has 2 amide bonds.